The summed E-state index contributed by atoms with van der Waals surface area (Å²) in [6, 6.07) is 11.4. The summed E-state index contributed by atoms with van der Waals surface area (Å²) < 4.78 is 17.6. The second-order valence-corrected chi connectivity index (χ2v) is 7.13. The Morgan fingerprint density at radius 3 is 2.48 bits per heavy atom. The van der Waals surface area contributed by atoms with Gasteiger partial charge in [-0.1, -0.05) is 19.1 Å². The Kier molecular flexibility index (Phi) is 3.94. The van der Waals surface area contributed by atoms with Crippen molar-refractivity contribution in [1.82, 2.24) is 4.90 Å². The van der Waals surface area contributed by atoms with Crippen LogP contribution < -0.4 is 9.47 Å². The Balaban J connectivity index is 1.42. The maximum absolute atomic E-state index is 12.8. The number of hydrogen-bond acceptors (Lipinski definition) is 4. The molecule has 132 valence electrons. The molecule has 5 nitrogen and oxygen atoms in total. The van der Waals surface area contributed by atoms with Crippen LogP contribution in [-0.2, 0) is 11.3 Å². The van der Waals surface area contributed by atoms with E-state index in [2.05, 4.69) is 6.92 Å². The molecule has 4 atom stereocenters. The monoisotopic (exact) mass is 341 g/mol. The maximum atomic E-state index is 12.8. The summed E-state index contributed by atoms with van der Waals surface area (Å²) in [4.78, 5) is 14.4. The van der Waals surface area contributed by atoms with E-state index >= 15 is 0 Å². The zero-order valence-corrected chi connectivity index (χ0v) is 14.8. The van der Waals surface area contributed by atoms with Crippen LogP contribution in [0.1, 0.15) is 37.7 Å². The molecule has 1 amide bonds. The van der Waals surface area contributed by atoms with E-state index in [0.29, 0.717) is 29.9 Å². The number of rotatable bonds is 4. The second-order valence-electron chi connectivity index (χ2n) is 7.13. The summed E-state index contributed by atoms with van der Waals surface area (Å²) in [5, 5.41) is 0. The molecule has 0 radical (unpaired) electrons. The molecule has 0 bridgehead atoms. The topological polar surface area (TPSA) is 51.9 Å². The molecule has 2 aliphatic rings. The summed E-state index contributed by atoms with van der Waals surface area (Å²) in [6.07, 6.45) is 0.188. The number of benzene rings is 1. The zero-order valence-electron chi connectivity index (χ0n) is 14.8. The average Bonchev–Trinajstić information content (AvgIpc) is 3.15. The third kappa shape index (κ3) is 3.11. The van der Waals surface area contributed by atoms with Crippen molar-refractivity contribution in [2.24, 2.45) is 5.92 Å². The van der Waals surface area contributed by atoms with Gasteiger partial charge < -0.3 is 18.8 Å². The van der Waals surface area contributed by atoms with Crippen molar-refractivity contribution >= 4 is 5.91 Å². The van der Waals surface area contributed by atoms with Gasteiger partial charge in [-0.25, -0.2) is 0 Å². The van der Waals surface area contributed by atoms with Gasteiger partial charge in [0.2, 0.25) is 6.10 Å². The molecule has 1 saturated carbocycles. The van der Waals surface area contributed by atoms with Crippen molar-refractivity contribution < 1.29 is 18.7 Å². The molecule has 2 aromatic rings. The van der Waals surface area contributed by atoms with Crippen molar-refractivity contribution in [2.75, 3.05) is 7.05 Å². The molecular weight excluding hydrogens is 318 g/mol. The van der Waals surface area contributed by atoms with Crippen LogP contribution in [-0.4, -0.2) is 30.1 Å². The second kappa shape index (κ2) is 6.14. The molecule has 0 saturated heterocycles. The molecule has 1 aliphatic heterocycles. The molecule has 2 heterocycles. The van der Waals surface area contributed by atoms with Crippen molar-refractivity contribution in [2.45, 2.75) is 44.9 Å². The van der Waals surface area contributed by atoms with Gasteiger partial charge in [-0.2, -0.15) is 0 Å². The normalized spacial score (nSPS) is 27.0. The minimum absolute atomic E-state index is 0.111. The van der Waals surface area contributed by atoms with E-state index in [9.17, 15) is 4.79 Å². The lowest BCUT2D eigenvalue weighted by Crippen LogP contribution is -2.49. The molecule has 1 aromatic carbocycles. The van der Waals surface area contributed by atoms with Crippen LogP contribution in [0.4, 0.5) is 0 Å². The van der Waals surface area contributed by atoms with Crippen LogP contribution in [0.25, 0.3) is 0 Å². The van der Waals surface area contributed by atoms with Gasteiger partial charge in [0.05, 0.1) is 6.54 Å². The lowest BCUT2D eigenvalue weighted by molar-refractivity contribution is -0.143. The van der Waals surface area contributed by atoms with E-state index < -0.39 is 6.10 Å². The minimum Gasteiger partial charge on any atom is -0.482 e. The predicted octanol–water partition coefficient (Wildman–Crippen LogP) is 3.59. The number of carbonyl (C=O) groups excluding carboxylic acids is 1. The van der Waals surface area contributed by atoms with Crippen LogP contribution in [0.5, 0.6) is 11.5 Å². The van der Waals surface area contributed by atoms with Crippen LogP contribution in [0.2, 0.25) is 0 Å². The number of hydrogen-bond donors (Lipinski definition) is 0. The van der Waals surface area contributed by atoms with E-state index in [1.165, 1.54) is 6.42 Å². The molecule has 1 aliphatic carbocycles. The number of carbonyl (C=O) groups is 1. The molecular formula is C20H23NO4. The predicted molar refractivity (Wildman–Crippen MR) is 92.7 cm³/mol. The average molecular weight is 341 g/mol. The van der Waals surface area contributed by atoms with E-state index in [-0.39, 0.29) is 12.0 Å². The molecule has 0 unspecified atom stereocenters. The quantitative estimate of drug-likeness (QED) is 0.853. The van der Waals surface area contributed by atoms with Crippen LogP contribution >= 0.6 is 0 Å². The summed E-state index contributed by atoms with van der Waals surface area (Å²) in [7, 11) is 1.76. The van der Waals surface area contributed by atoms with Crippen molar-refractivity contribution in [1.29, 1.82) is 0 Å². The van der Waals surface area contributed by atoms with E-state index in [1.807, 2.05) is 43.3 Å². The van der Waals surface area contributed by atoms with E-state index in [0.717, 1.165) is 11.5 Å². The number of fused-ring (bicyclic) bond motifs is 1. The highest BCUT2D eigenvalue weighted by molar-refractivity contribution is 5.82. The van der Waals surface area contributed by atoms with Gasteiger partial charge in [0, 0.05) is 13.0 Å². The first-order chi connectivity index (χ1) is 12.0. The first kappa shape index (κ1) is 16.1. The van der Waals surface area contributed by atoms with Gasteiger partial charge in [0.1, 0.15) is 17.6 Å². The Morgan fingerprint density at radius 2 is 1.80 bits per heavy atom. The molecule has 1 aromatic heterocycles. The number of amides is 1. The van der Waals surface area contributed by atoms with Crippen molar-refractivity contribution in [3.8, 4) is 11.5 Å². The van der Waals surface area contributed by atoms with Crippen LogP contribution in [0.3, 0.4) is 0 Å². The summed E-state index contributed by atoms with van der Waals surface area (Å²) in [5.74, 6) is 4.25. The fourth-order valence-electron chi connectivity index (χ4n) is 3.32. The highest BCUT2D eigenvalue weighted by Gasteiger charge is 2.38. The molecule has 25 heavy (non-hydrogen) atoms. The van der Waals surface area contributed by atoms with Gasteiger partial charge in [-0.05, 0) is 43.5 Å². The first-order valence-electron chi connectivity index (χ1n) is 8.79. The third-order valence-corrected chi connectivity index (χ3v) is 5.01. The number of likely N-dealkylation sites (N-methyl/N-ethyl adjacent to an activating group) is 1. The lowest BCUT2D eigenvalue weighted by Gasteiger charge is -2.33. The van der Waals surface area contributed by atoms with Crippen molar-refractivity contribution in [3.63, 3.8) is 0 Å². The smallest absolute Gasteiger partial charge is 0.267 e. The number of ether oxygens (including phenoxy) is 2. The Labute approximate surface area is 147 Å². The number of nitrogens with zero attached hydrogens (tertiary/aromatic N) is 1. The Hall–Kier alpha value is -2.43. The summed E-state index contributed by atoms with van der Waals surface area (Å²) >= 11 is 0. The van der Waals surface area contributed by atoms with Crippen LogP contribution in [0.15, 0.2) is 40.8 Å². The standard InChI is InChI=1S/C20H23NO4/c1-12-10-15(12)16-9-8-14(24-16)11-21(3)20(22)19-13(2)23-17-6-4-5-7-18(17)25-19/h4-9,12-13,15,19H,10-11H2,1-3H3/t12-,13-,15+,19-/m1/s1. The number of furan rings is 1. The SMILES string of the molecule is C[C@@H]1C[C@@H]1c1ccc(CN(C)C(=O)[C@@H]2Oc3ccccc3O[C@@H]2C)o1. The lowest BCUT2D eigenvalue weighted by atomic mass is 10.1. The van der Waals surface area contributed by atoms with Gasteiger partial charge in [-0.3, -0.25) is 4.79 Å². The first-order valence-corrected chi connectivity index (χ1v) is 8.79. The van der Waals surface area contributed by atoms with Gasteiger partial charge in [0.15, 0.2) is 11.5 Å². The zero-order chi connectivity index (χ0) is 17.6. The van der Waals surface area contributed by atoms with E-state index in [4.69, 9.17) is 13.9 Å². The summed E-state index contributed by atoms with van der Waals surface area (Å²) in [5.41, 5.74) is 0. The van der Waals surface area contributed by atoms with Crippen LogP contribution in [0, 0.1) is 5.92 Å². The molecule has 0 N–H and O–H groups in total. The molecule has 4 rings (SSSR count). The molecule has 5 heteroatoms. The highest BCUT2D eigenvalue weighted by atomic mass is 16.6. The van der Waals surface area contributed by atoms with Crippen molar-refractivity contribution in [3.05, 3.63) is 47.9 Å². The fraction of sp³-hybridized carbons (Fsp3) is 0.450. The summed E-state index contributed by atoms with van der Waals surface area (Å²) in [6.45, 7) is 4.50. The third-order valence-electron chi connectivity index (χ3n) is 5.01. The molecule has 1 fully saturated rings. The molecule has 0 spiro atoms. The Bertz CT molecular complexity index is 784. The fourth-order valence-corrected chi connectivity index (χ4v) is 3.32. The van der Waals surface area contributed by atoms with Gasteiger partial charge in [-0.15, -0.1) is 0 Å². The van der Waals surface area contributed by atoms with Gasteiger partial charge in [0.25, 0.3) is 5.91 Å². The maximum Gasteiger partial charge on any atom is 0.267 e. The number of para-hydroxylation sites is 2. The Morgan fingerprint density at radius 1 is 1.12 bits per heavy atom. The minimum atomic E-state index is -0.655. The largest absolute Gasteiger partial charge is 0.482 e. The van der Waals surface area contributed by atoms with E-state index in [1.54, 1.807) is 11.9 Å². The van der Waals surface area contributed by atoms with Gasteiger partial charge >= 0.3 is 0 Å². The highest BCUT2D eigenvalue weighted by Crippen LogP contribution is 2.47.